The number of anilines is 2. The Bertz CT molecular complexity index is 1910. The number of rotatable bonds is 7. The minimum atomic E-state index is -4.28. The molecule has 0 bridgehead atoms. The lowest BCUT2D eigenvalue weighted by molar-refractivity contribution is 0.103. The lowest BCUT2D eigenvalue weighted by Crippen LogP contribution is -2.16. The van der Waals surface area contributed by atoms with Crippen LogP contribution in [-0.2, 0) is 10.0 Å². The smallest absolute Gasteiger partial charge is 0.262 e. The number of hydrogen-bond donors (Lipinski definition) is 2. The van der Waals surface area contributed by atoms with Crippen molar-refractivity contribution in [3.63, 3.8) is 0 Å². The fraction of sp³-hybridized carbons (Fsp3) is 0. The van der Waals surface area contributed by atoms with Crippen LogP contribution in [0.5, 0.6) is 0 Å². The Morgan fingerprint density at radius 3 is 1.67 bits per heavy atom. The van der Waals surface area contributed by atoms with Gasteiger partial charge in [-0.15, -0.1) is 0 Å². The number of carbonyl (C=O) groups excluding carboxylic acids is 2. The number of ketones is 2. The maximum absolute atomic E-state index is 13.4. The molecule has 0 fully saturated rings. The van der Waals surface area contributed by atoms with Crippen LogP contribution in [0.15, 0.2) is 120 Å². The van der Waals surface area contributed by atoms with E-state index in [9.17, 15) is 26.8 Å². The van der Waals surface area contributed by atoms with Crippen molar-refractivity contribution in [2.45, 2.75) is 4.90 Å². The third kappa shape index (κ3) is 7.84. The number of nitrogens with two attached hydrogens (primary N) is 1. The van der Waals surface area contributed by atoms with Crippen LogP contribution in [0.2, 0.25) is 10.0 Å². The Hall–Kier alpha value is -4.57. The first-order valence-corrected chi connectivity index (χ1v) is 14.7. The average Bonchev–Trinajstić information content (AvgIpc) is 2.99. The second-order valence-corrected chi connectivity index (χ2v) is 11.5. The lowest BCUT2D eigenvalue weighted by atomic mass is 10.0. The average molecular weight is 640 g/mol. The normalized spacial score (nSPS) is 10.8. The third-order valence-electron chi connectivity index (χ3n) is 6.00. The molecule has 0 aromatic heterocycles. The number of nitrogens with one attached hydrogen (secondary N) is 1. The fourth-order valence-electron chi connectivity index (χ4n) is 3.88. The molecule has 0 spiro atoms. The van der Waals surface area contributed by atoms with Gasteiger partial charge in [0.15, 0.2) is 23.2 Å². The lowest BCUT2D eigenvalue weighted by Gasteiger charge is -2.13. The number of carbonyl (C=O) groups is 2. The number of nitrogen functional groups attached to an aromatic ring is 1. The number of benzene rings is 5. The highest BCUT2D eigenvalue weighted by atomic mass is 35.5. The summed E-state index contributed by atoms with van der Waals surface area (Å²) in [5.74, 6) is -2.98. The Labute approximate surface area is 256 Å². The molecule has 6 nitrogen and oxygen atoms in total. The van der Waals surface area contributed by atoms with E-state index in [-0.39, 0.29) is 22.1 Å². The van der Waals surface area contributed by atoms with Gasteiger partial charge in [-0.05, 0) is 54.6 Å². The standard InChI is InChI=1S/C19H12ClF2NO3S.C13H10ClNO/c20-13-6-8-15(19(24)12-4-2-1-3-5-12)18(10-13)23-27(25,26)14-7-9-16(21)17(22)11-14;14-10-6-7-11(12(15)8-10)13(16)9-4-2-1-3-5-9/h1-11,23H;1-8H,15H2. The number of hydrogen-bond acceptors (Lipinski definition) is 5. The predicted molar refractivity (Wildman–Crippen MR) is 164 cm³/mol. The molecule has 43 heavy (non-hydrogen) atoms. The summed E-state index contributed by atoms with van der Waals surface area (Å²) in [5.41, 5.74) is 7.61. The summed E-state index contributed by atoms with van der Waals surface area (Å²) in [5, 5.41) is 0.727. The highest BCUT2D eigenvalue weighted by Crippen LogP contribution is 2.27. The van der Waals surface area contributed by atoms with E-state index >= 15 is 0 Å². The number of sulfonamides is 1. The minimum Gasteiger partial charge on any atom is -0.398 e. The van der Waals surface area contributed by atoms with E-state index in [1.807, 2.05) is 18.2 Å². The van der Waals surface area contributed by atoms with Crippen molar-refractivity contribution in [1.82, 2.24) is 0 Å². The summed E-state index contributed by atoms with van der Waals surface area (Å²) in [7, 11) is -4.28. The summed E-state index contributed by atoms with van der Waals surface area (Å²) in [4.78, 5) is 24.3. The van der Waals surface area contributed by atoms with Gasteiger partial charge in [-0.2, -0.15) is 0 Å². The van der Waals surface area contributed by atoms with Gasteiger partial charge in [-0.25, -0.2) is 17.2 Å². The predicted octanol–water partition coefficient (Wildman–Crippen LogP) is 7.80. The third-order valence-corrected chi connectivity index (χ3v) is 7.84. The van der Waals surface area contributed by atoms with Crippen LogP contribution in [0.3, 0.4) is 0 Å². The van der Waals surface area contributed by atoms with E-state index in [0.29, 0.717) is 39.5 Å². The topological polar surface area (TPSA) is 106 Å². The Balaban J connectivity index is 0.000000225. The van der Waals surface area contributed by atoms with E-state index in [0.717, 1.165) is 6.07 Å². The molecule has 0 heterocycles. The molecule has 0 aliphatic heterocycles. The van der Waals surface area contributed by atoms with Gasteiger partial charge in [0.25, 0.3) is 10.0 Å². The molecule has 3 N–H and O–H groups in total. The van der Waals surface area contributed by atoms with Crippen molar-refractivity contribution in [2.24, 2.45) is 0 Å². The molecular weight excluding hydrogens is 617 g/mol. The second-order valence-electron chi connectivity index (χ2n) is 8.99. The van der Waals surface area contributed by atoms with Gasteiger partial charge >= 0.3 is 0 Å². The van der Waals surface area contributed by atoms with Gasteiger partial charge in [-0.1, -0.05) is 83.9 Å². The molecule has 0 atom stereocenters. The van der Waals surface area contributed by atoms with Crippen molar-refractivity contribution < 1.29 is 26.8 Å². The van der Waals surface area contributed by atoms with Crippen molar-refractivity contribution in [2.75, 3.05) is 10.5 Å². The summed E-state index contributed by atoms with van der Waals surface area (Å²) < 4.78 is 53.8. The van der Waals surface area contributed by atoms with Crippen LogP contribution in [0, 0.1) is 11.6 Å². The Morgan fingerprint density at radius 2 is 1.14 bits per heavy atom. The van der Waals surface area contributed by atoms with E-state index in [4.69, 9.17) is 28.9 Å². The molecule has 0 amide bonds. The molecule has 0 aliphatic rings. The van der Waals surface area contributed by atoms with Crippen molar-refractivity contribution in [3.8, 4) is 0 Å². The molecule has 0 unspecified atom stereocenters. The van der Waals surface area contributed by atoms with E-state index in [1.54, 1.807) is 60.7 Å². The summed E-state index contributed by atoms with van der Waals surface area (Å²) in [6, 6.07) is 28.5. The minimum absolute atomic E-state index is 0.0664. The van der Waals surface area contributed by atoms with Gasteiger partial charge in [0.2, 0.25) is 0 Å². The zero-order valence-electron chi connectivity index (χ0n) is 22.1. The first-order chi connectivity index (χ1) is 20.5. The van der Waals surface area contributed by atoms with Crippen LogP contribution < -0.4 is 10.5 Å². The van der Waals surface area contributed by atoms with Crippen LogP contribution in [0.4, 0.5) is 20.2 Å². The zero-order chi connectivity index (χ0) is 31.1. The quantitative estimate of drug-likeness (QED) is 0.140. The highest BCUT2D eigenvalue weighted by Gasteiger charge is 2.21. The van der Waals surface area contributed by atoms with Crippen molar-refractivity contribution >= 4 is 56.2 Å². The molecule has 5 aromatic carbocycles. The largest absolute Gasteiger partial charge is 0.398 e. The van der Waals surface area contributed by atoms with Gasteiger partial charge in [0.05, 0.1) is 10.6 Å². The summed E-state index contributed by atoms with van der Waals surface area (Å²) in [6.45, 7) is 0. The van der Waals surface area contributed by atoms with Crippen LogP contribution >= 0.6 is 23.2 Å². The maximum Gasteiger partial charge on any atom is 0.262 e. The molecule has 5 aromatic rings. The maximum atomic E-state index is 13.4. The van der Waals surface area contributed by atoms with E-state index in [2.05, 4.69) is 4.72 Å². The Kier molecular flexibility index (Phi) is 9.92. The van der Waals surface area contributed by atoms with Crippen LogP contribution in [0.25, 0.3) is 0 Å². The van der Waals surface area contributed by atoms with Gasteiger partial charge < -0.3 is 5.73 Å². The van der Waals surface area contributed by atoms with Crippen LogP contribution in [-0.4, -0.2) is 20.0 Å². The molecule has 0 saturated heterocycles. The number of halogens is 4. The molecule has 0 radical (unpaired) electrons. The molecule has 218 valence electrons. The first-order valence-electron chi connectivity index (χ1n) is 12.5. The van der Waals surface area contributed by atoms with Crippen molar-refractivity contribution in [1.29, 1.82) is 0 Å². The van der Waals surface area contributed by atoms with Crippen molar-refractivity contribution in [3.05, 3.63) is 159 Å². The molecule has 0 aliphatic carbocycles. The molecule has 11 heteroatoms. The molecule has 0 saturated carbocycles. The summed E-state index contributed by atoms with van der Waals surface area (Å²) >= 11 is 11.7. The van der Waals surface area contributed by atoms with Gasteiger partial charge in [-0.3, -0.25) is 14.3 Å². The first kappa shape index (κ1) is 31.4. The van der Waals surface area contributed by atoms with E-state index < -0.39 is 32.3 Å². The highest BCUT2D eigenvalue weighted by molar-refractivity contribution is 7.92. The SMILES string of the molecule is Nc1cc(Cl)ccc1C(=O)c1ccccc1.O=C(c1ccccc1)c1ccc(Cl)cc1NS(=O)(=O)c1ccc(F)c(F)c1. The van der Waals surface area contributed by atoms with Gasteiger partial charge in [0.1, 0.15) is 0 Å². The zero-order valence-corrected chi connectivity index (χ0v) is 24.4. The second kappa shape index (κ2) is 13.6. The van der Waals surface area contributed by atoms with E-state index in [1.165, 1.54) is 18.2 Å². The molecule has 5 rings (SSSR count). The Morgan fingerprint density at radius 1 is 0.628 bits per heavy atom. The monoisotopic (exact) mass is 638 g/mol. The fourth-order valence-corrected chi connectivity index (χ4v) is 5.31. The molecular formula is C32H22Cl2F2N2O4S. The van der Waals surface area contributed by atoms with Gasteiger partial charge in [0, 0.05) is 38.0 Å². The van der Waals surface area contributed by atoms with Crippen LogP contribution in [0.1, 0.15) is 31.8 Å². The summed E-state index contributed by atoms with van der Waals surface area (Å²) in [6.07, 6.45) is 0.